The third-order valence-corrected chi connectivity index (χ3v) is 2.24. The lowest BCUT2D eigenvalue weighted by Gasteiger charge is -1.98. The number of nitrogens with zero attached hydrogens (tertiary/aromatic N) is 1. The molecular formula is C10H11NO4. The maximum absolute atomic E-state index is 11.4. The molecule has 1 aromatic heterocycles. The third-order valence-electron chi connectivity index (χ3n) is 2.24. The van der Waals surface area contributed by atoms with Gasteiger partial charge in [0.2, 0.25) is 0 Å². The van der Waals surface area contributed by atoms with Crippen LogP contribution in [0.15, 0.2) is 27.4 Å². The van der Waals surface area contributed by atoms with Crippen molar-refractivity contribution >= 4 is 11.1 Å². The SMILES string of the molecule is O=c1oc2cc(CO)ccc2n1CCO. The fourth-order valence-corrected chi connectivity index (χ4v) is 1.52. The van der Waals surface area contributed by atoms with Crippen molar-refractivity contribution in [3.63, 3.8) is 0 Å². The van der Waals surface area contributed by atoms with Crippen LogP contribution >= 0.6 is 0 Å². The molecule has 0 fully saturated rings. The predicted octanol–water partition coefficient (Wildman–Crippen LogP) is 0.0791. The Kier molecular flexibility index (Phi) is 2.57. The summed E-state index contributed by atoms with van der Waals surface area (Å²) >= 11 is 0. The van der Waals surface area contributed by atoms with Gasteiger partial charge in [-0.1, -0.05) is 6.07 Å². The first-order chi connectivity index (χ1) is 7.26. The summed E-state index contributed by atoms with van der Waals surface area (Å²) in [6, 6.07) is 5.03. The monoisotopic (exact) mass is 209 g/mol. The number of aliphatic hydroxyl groups is 2. The van der Waals surface area contributed by atoms with Gasteiger partial charge < -0.3 is 14.6 Å². The Hall–Kier alpha value is -1.59. The summed E-state index contributed by atoms with van der Waals surface area (Å²) in [5.74, 6) is -0.492. The lowest BCUT2D eigenvalue weighted by Crippen LogP contribution is -2.15. The van der Waals surface area contributed by atoms with Crippen molar-refractivity contribution < 1.29 is 14.6 Å². The van der Waals surface area contributed by atoms with Crippen molar-refractivity contribution in [1.82, 2.24) is 4.57 Å². The van der Waals surface area contributed by atoms with Gasteiger partial charge in [0, 0.05) is 0 Å². The molecule has 0 amide bonds. The van der Waals surface area contributed by atoms with Gasteiger partial charge in [0.1, 0.15) is 0 Å². The number of hydrogen-bond acceptors (Lipinski definition) is 4. The third kappa shape index (κ3) is 1.67. The summed E-state index contributed by atoms with van der Waals surface area (Å²) in [7, 11) is 0. The van der Waals surface area contributed by atoms with Crippen LogP contribution in [0.5, 0.6) is 0 Å². The highest BCUT2D eigenvalue weighted by Gasteiger charge is 2.08. The molecule has 0 radical (unpaired) electrons. The molecule has 0 aliphatic rings. The average Bonchev–Trinajstić information content (AvgIpc) is 2.55. The van der Waals surface area contributed by atoms with Gasteiger partial charge in [0.15, 0.2) is 5.58 Å². The van der Waals surface area contributed by atoms with Crippen molar-refractivity contribution in [3.8, 4) is 0 Å². The van der Waals surface area contributed by atoms with E-state index in [4.69, 9.17) is 14.6 Å². The Morgan fingerprint density at radius 3 is 2.80 bits per heavy atom. The van der Waals surface area contributed by atoms with Gasteiger partial charge in [-0.3, -0.25) is 4.57 Å². The number of aliphatic hydroxyl groups excluding tert-OH is 2. The molecule has 2 N–H and O–H groups in total. The summed E-state index contributed by atoms with van der Waals surface area (Å²) in [6.45, 7) is 0.00538. The van der Waals surface area contributed by atoms with E-state index >= 15 is 0 Å². The lowest BCUT2D eigenvalue weighted by atomic mass is 10.2. The van der Waals surface area contributed by atoms with E-state index in [1.807, 2.05) is 0 Å². The molecule has 5 heteroatoms. The highest BCUT2D eigenvalue weighted by atomic mass is 16.4. The van der Waals surface area contributed by atoms with Crippen LogP contribution in [-0.4, -0.2) is 21.4 Å². The number of oxazole rings is 1. The normalized spacial score (nSPS) is 11.1. The molecule has 0 bridgehead atoms. The van der Waals surface area contributed by atoms with Gasteiger partial charge in [0.05, 0.1) is 25.3 Å². The Balaban J connectivity index is 2.63. The van der Waals surface area contributed by atoms with Gasteiger partial charge in [-0.2, -0.15) is 0 Å². The first-order valence-electron chi connectivity index (χ1n) is 4.60. The minimum Gasteiger partial charge on any atom is -0.408 e. The molecule has 0 atom stereocenters. The van der Waals surface area contributed by atoms with E-state index in [0.717, 1.165) is 0 Å². The second-order valence-corrected chi connectivity index (χ2v) is 3.20. The second kappa shape index (κ2) is 3.88. The zero-order valence-electron chi connectivity index (χ0n) is 8.01. The van der Waals surface area contributed by atoms with Crippen molar-refractivity contribution in [2.75, 3.05) is 6.61 Å². The first kappa shape index (κ1) is 9.95. The van der Waals surface area contributed by atoms with Crippen LogP contribution in [0.4, 0.5) is 0 Å². The molecule has 0 spiro atoms. The minimum atomic E-state index is -0.492. The highest BCUT2D eigenvalue weighted by molar-refractivity contribution is 5.73. The molecule has 80 valence electrons. The van der Waals surface area contributed by atoms with Crippen molar-refractivity contribution in [2.45, 2.75) is 13.2 Å². The van der Waals surface area contributed by atoms with Crippen LogP contribution in [0.2, 0.25) is 0 Å². The summed E-state index contributed by atoms with van der Waals surface area (Å²) in [4.78, 5) is 11.4. The van der Waals surface area contributed by atoms with Gasteiger partial charge in [-0.25, -0.2) is 4.79 Å². The average molecular weight is 209 g/mol. The Labute approximate surface area is 85.2 Å². The van der Waals surface area contributed by atoms with Crippen LogP contribution in [0.25, 0.3) is 11.1 Å². The Morgan fingerprint density at radius 2 is 2.13 bits per heavy atom. The van der Waals surface area contributed by atoms with E-state index < -0.39 is 5.76 Å². The van der Waals surface area contributed by atoms with Crippen LogP contribution in [0.3, 0.4) is 0 Å². The maximum atomic E-state index is 11.4. The number of hydrogen-bond donors (Lipinski definition) is 2. The van der Waals surface area contributed by atoms with Crippen molar-refractivity contribution in [1.29, 1.82) is 0 Å². The molecule has 5 nitrogen and oxygen atoms in total. The number of aromatic nitrogens is 1. The minimum absolute atomic E-state index is 0.0924. The topological polar surface area (TPSA) is 75.6 Å². The number of fused-ring (bicyclic) bond motifs is 1. The fraction of sp³-hybridized carbons (Fsp3) is 0.300. The van der Waals surface area contributed by atoms with E-state index in [1.54, 1.807) is 18.2 Å². The number of rotatable bonds is 3. The smallest absolute Gasteiger partial charge is 0.408 e. The van der Waals surface area contributed by atoms with Crippen LogP contribution in [0, 0.1) is 0 Å². The van der Waals surface area contributed by atoms with Crippen LogP contribution in [0.1, 0.15) is 5.56 Å². The van der Waals surface area contributed by atoms with Gasteiger partial charge in [0.25, 0.3) is 0 Å². The Morgan fingerprint density at radius 1 is 1.33 bits per heavy atom. The zero-order chi connectivity index (χ0) is 10.8. The molecule has 0 aliphatic carbocycles. The Bertz CT molecular complexity index is 526. The summed E-state index contributed by atoms with van der Waals surface area (Å²) < 4.78 is 6.34. The summed E-state index contributed by atoms with van der Waals surface area (Å²) in [5, 5.41) is 17.7. The molecule has 1 heterocycles. The van der Waals surface area contributed by atoms with E-state index in [9.17, 15) is 4.79 Å². The molecular weight excluding hydrogens is 198 g/mol. The van der Waals surface area contributed by atoms with E-state index in [1.165, 1.54) is 4.57 Å². The maximum Gasteiger partial charge on any atom is 0.420 e. The number of benzene rings is 1. The van der Waals surface area contributed by atoms with Crippen molar-refractivity contribution in [2.24, 2.45) is 0 Å². The molecule has 1 aromatic carbocycles. The van der Waals surface area contributed by atoms with Crippen molar-refractivity contribution in [3.05, 3.63) is 34.3 Å². The zero-order valence-corrected chi connectivity index (χ0v) is 8.01. The molecule has 2 aromatic rings. The fourth-order valence-electron chi connectivity index (χ4n) is 1.52. The van der Waals surface area contributed by atoms with Gasteiger partial charge >= 0.3 is 5.76 Å². The standard InChI is InChI=1S/C10H11NO4/c12-4-3-11-8-2-1-7(6-13)5-9(8)15-10(11)14/h1-2,5,12-13H,3-4,6H2. The van der Waals surface area contributed by atoms with Crippen LogP contribution in [-0.2, 0) is 13.2 Å². The lowest BCUT2D eigenvalue weighted by molar-refractivity contribution is 0.272. The molecule has 0 aliphatic heterocycles. The van der Waals surface area contributed by atoms with E-state index in [-0.39, 0.29) is 19.8 Å². The van der Waals surface area contributed by atoms with Gasteiger partial charge in [-0.05, 0) is 17.7 Å². The molecule has 15 heavy (non-hydrogen) atoms. The van der Waals surface area contributed by atoms with Crippen LogP contribution < -0.4 is 5.76 Å². The largest absolute Gasteiger partial charge is 0.420 e. The molecule has 0 saturated carbocycles. The summed E-state index contributed by atoms with van der Waals surface area (Å²) in [5.41, 5.74) is 1.75. The predicted molar refractivity (Wildman–Crippen MR) is 53.5 cm³/mol. The second-order valence-electron chi connectivity index (χ2n) is 3.20. The molecule has 2 rings (SSSR count). The van der Waals surface area contributed by atoms with Gasteiger partial charge in [-0.15, -0.1) is 0 Å². The first-order valence-corrected chi connectivity index (χ1v) is 4.60. The molecule has 0 saturated heterocycles. The summed E-state index contributed by atoms with van der Waals surface area (Å²) in [6.07, 6.45) is 0. The highest BCUT2D eigenvalue weighted by Crippen LogP contribution is 2.14. The van der Waals surface area contributed by atoms with E-state index in [2.05, 4.69) is 0 Å². The quantitative estimate of drug-likeness (QED) is 0.750. The van der Waals surface area contributed by atoms with E-state index in [0.29, 0.717) is 16.7 Å². The molecule has 0 unspecified atom stereocenters.